The molecule has 18 rings (SSSR count). The van der Waals surface area contributed by atoms with E-state index >= 15 is 8.78 Å². The number of hydrogen-bond acceptors (Lipinski definition) is 4. The Morgan fingerprint density at radius 1 is 0.284 bits per heavy atom. The second-order valence-electron chi connectivity index (χ2n) is 25.7. The standard InChI is InChI=1S/C89H60F2N2O2/c1-55-24-21-31-59(48-55)73-50-61(57-27-9-5-10-28-57)52-79(91)85(73)93(81-41-23-37-71-69-35-16-20-43-83(69)95-87(71)81)63-45-47-67-65-33-14-18-39-75(65)89(3,77(67)54-63)88(2)74-38-17-13-32-64(74)66-46-44-62(53-76(66)88)92(80-40-22-36-70-68-34-15-19-42-82(68)94-86(70)80)84-72(58-29-11-6-12-30-58)49-60(51-78(84)90)56-25-7-4-8-26-56/h4-54H,1-3H3. The van der Waals surface area contributed by atoms with Gasteiger partial charge in [0.1, 0.15) is 22.8 Å². The predicted octanol–water partition coefficient (Wildman–Crippen LogP) is 25.0. The first-order chi connectivity index (χ1) is 46.6. The maximum absolute atomic E-state index is 18.7. The molecule has 2 aliphatic rings. The lowest BCUT2D eigenvalue weighted by Crippen LogP contribution is -2.44. The summed E-state index contributed by atoms with van der Waals surface area (Å²) in [5.41, 5.74) is 21.3. The zero-order valence-corrected chi connectivity index (χ0v) is 52.4. The minimum absolute atomic E-state index is 0.384. The van der Waals surface area contributed by atoms with E-state index in [1.165, 1.54) is 0 Å². The van der Waals surface area contributed by atoms with E-state index in [1.807, 2.05) is 121 Å². The molecule has 2 atom stereocenters. The van der Waals surface area contributed by atoms with Crippen molar-refractivity contribution in [2.45, 2.75) is 31.6 Å². The van der Waals surface area contributed by atoms with Crippen LogP contribution in [0.2, 0.25) is 0 Å². The van der Waals surface area contributed by atoms with Crippen LogP contribution in [0.15, 0.2) is 318 Å². The summed E-state index contributed by atoms with van der Waals surface area (Å²) >= 11 is 0. The summed E-state index contributed by atoms with van der Waals surface area (Å²) < 4.78 is 51.3. The van der Waals surface area contributed by atoms with Crippen molar-refractivity contribution < 1.29 is 17.6 Å². The number of benzene rings is 14. The van der Waals surface area contributed by atoms with Gasteiger partial charge in [0.05, 0.1) is 22.7 Å². The van der Waals surface area contributed by atoms with Crippen LogP contribution in [-0.2, 0) is 10.8 Å². The van der Waals surface area contributed by atoms with Gasteiger partial charge in [-0.3, -0.25) is 0 Å². The summed E-state index contributed by atoms with van der Waals surface area (Å²) in [6.07, 6.45) is 0. The van der Waals surface area contributed by atoms with Crippen molar-refractivity contribution in [3.05, 3.63) is 349 Å². The summed E-state index contributed by atoms with van der Waals surface area (Å²) in [5, 5.41) is 3.80. The van der Waals surface area contributed by atoms with E-state index < -0.39 is 10.8 Å². The number of rotatable bonds is 11. The summed E-state index contributed by atoms with van der Waals surface area (Å²) in [5.74, 6) is -0.771. The molecule has 14 aromatic carbocycles. The number of hydrogen-bond donors (Lipinski definition) is 0. The van der Waals surface area contributed by atoms with E-state index in [0.29, 0.717) is 33.9 Å². The first-order valence-electron chi connectivity index (χ1n) is 32.4. The molecule has 0 saturated carbocycles. The molecule has 6 heteroatoms. The second-order valence-corrected chi connectivity index (χ2v) is 25.7. The zero-order valence-electron chi connectivity index (χ0n) is 52.4. The molecular weight excluding hydrogens is 1170 g/mol. The Kier molecular flexibility index (Phi) is 12.7. The van der Waals surface area contributed by atoms with Gasteiger partial charge in [-0.1, -0.05) is 256 Å². The lowest BCUT2D eigenvalue weighted by Gasteiger charge is -2.45. The molecule has 0 radical (unpaired) electrons. The van der Waals surface area contributed by atoms with Crippen LogP contribution in [0.4, 0.5) is 42.9 Å². The van der Waals surface area contributed by atoms with Crippen LogP contribution in [0.1, 0.15) is 41.7 Å². The molecule has 2 aromatic heterocycles. The third-order valence-electron chi connectivity index (χ3n) is 20.6. The number of furan rings is 2. The Morgan fingerprint density at radius 3 is 1.14 bits per heavy atom. The number of para-hydroxylation sites is 4. The molecule has 2 heterocycles. The summed E-state index contributed by atoms with van der Waals surface area (Å²) in [6, 6.07) is 106. The largest absolute Gasteiger partial charge is 0.454 e. The molecule has 2 aliphatic carbocycles. The van der Waals surface area contributed by atoms with Crippen LogP contribution in [0, 0.1) is 18.6 Å². The summed E-state index contributed by atoms with van der Waals surface area (Å²) in [6.45, 7) is 6.89. The van der Waals surface area contributed by atoms with E-state index in [1.54, 1.807) is 12.1 Å². The third kappa shape index (κ3) is 8.50. The Morgan fingerprint density at radius 2 is 0.663 bits per heavy atom. The molecule has 452 valence electrons. The van der Waals surface area contributed by atoms with Gasteiger partial charge in [0.25, 0.3) is 0 Å². The molecule has 95 heavy (non-hydrogen) atoms. The maximum atomic E-state index is 18.7. The fourth-order valence-corrected chi connectivity index (χ4v) is 16.0. The lowest BCUT2D eigenvalue weighted by molar-refractivity contribution is 0.376. The van der Waals surface area contributed by atoms with E-state index in [0.717, 1.165) is 139 Å². The monoisotopic (exact) mass is 1230 g/mol. The molecule has 4 nitrogen and oxygen atoms in total. The molecule has 16 aromatic rings. The number of halogens is 2. The van der Waals surface area contributed by atoms with Gasteiger partial charge in [-0.25, -0.2) is 8.78 Å². The van der Waals surface area contributed by atoms with Crippen molar-refractivity contribution in [1.29, 1.82) is 0 Å². The van der Waals surface area contributed by atoms with Crippen LogP contribution in [0.5, 0.6) is 0 Å². The van der Waals surface area contributed by atoms with E-state index in [-0.39, 0.29) is 11.6 Å². The van der Waals surface area contributed by atoms with Crippen LogP contribution < -0.4 is 9.80 Å². The highest BCUT2D eigenvalue weighted by atomic mass is 19.1. The number of anilines is 6. The zero-order chi connectivity index (χ0) is 63.7. The lowest BCUT2D eigenvalue weighted by atomic mass is 9.56. The fourth-order valence-electron chi connectivity index (χ4n) is 16.0. The average molecular weight is 1230 g/mol. The number of aryl methyl sites for hydroxylation is 1. The van der Waals surface area contributed by atoms with Gasteiger partial charge < -0.3 is 18.6 Å². The molecule has 0 aliphatic heterocycles. The fraction of sp³-hybridized carbons (Fsp3) is 0.0562. The van der Waals surface area contributed by atoms with Crippen molar-refractivity contribution in [1.82, 2.24) is 0 Å². The topological polar surface area (TPSA) is 32.8 Å². The van der Waals surface area contributed by atoms with Crippen LogP contribution in [-0.4, -0.2) is 0 Å². The smallest absolute Gasteiger partial charge is 0.159 e. The number of fused-ring (bicyclic) bond motifs is 12. The van der Waals surface area contributed by atoms with Crippen LogP contribution in [0.3, 0.4) is 0 Å². The molecule has 0 bridgehead atoms. The Balaban J connectivity index is 0.899. The maximum Gasteiger partial charge on any atom is 0.159 e. The van der Waals surface area contributed by atoms with Gasteiger partial charge in [-0.15, -0.1) is 0 Å². The highest BCUT2D eigenvalue weighted by Crippen LogP contribution is 2.66. The van der Waals surface area contributed by atoms with E-state index in [2.05, 4.69) is 206 Å². The quantitative estimate of drug-likeness (QED) is 0.129. The SMILES string of the molecule is Cc1cccc(-c2cc(-c3ccccc3)cc(F)c2N(c2ccc3c(c2)C(C)(C2(C)c4ccccc4-c4ccc(N(c5c(F)cc(-c6ccccc6)cc5-c5ccccc5)c5cccc6c5oc5ccccc56)cc42)c2ccccc2-3)c2cccc3c2oc2ccccc23)c1. The van der Waals surface area contributed by atoms with Gasteiger partial charge in [0, 0.05) is 54.9 Å². The van der Waals surface area contributed by atoms with Gasteiger partial charge in [-0.05, 0) is 158 Å². The van der Waals surface area contributed by atoms with Crippen molar-refractivity contribution in [3.63, 3.8) is 0 Å². The Bertz CT molecular complexity index is 5770. The molecule has 0 spiro atoms. The highest BCUT2D eigenvalue weighted by molar-refractivity contribution is 6.13. The Hall–Kier alpha value is -11.9. The average Bonchev–Trinajstić information content (AvgIpc) is 1.52. The number of nitrogens with zero attached hydrogens (tertiary/aromatic N) is 2. The predicted molar refractivity (Wildman–Crippen MR) is 387 cm³/mol. The van der Waals surface area contributed by atoms with Crippen molar-refractivity contribution in [3.8, 4) is 66.8 Å². The first kappa shape index (κ1) is 55.9. The molecule has 0 fully saturated rings. The van der Waals surface area contributed by atoms with Gasteiger partial charge >= 0.3 is 0 Å². The first-order valence-corrected chi connectivity index (χ1v) is 32.4. The van der Waals surface area contributed by atoms with Crippen molar-refractivity contribution in [2.24, 2.45) is 0 Å². The minimum Gasteiger partial charge on any atom is -0.454 e. The third-order valence-corrected chi connectivity index (χ3v) is 20.6. The van der Waals surface area contributed by atoms with Crippen LogP contribution in [0.25, 0.3) is 111 Å². The van der Waals surface area contributed by atoms with Gasteiger partial charge in [0.15, 0.2) is 11.2 Å². The minimum atomic E-state index is -0.831. The molecule has 0 N–H and O–H groups in total. The Labute approximate surface area is 549 Å². The van der Waals surface area contributed by atoms with Gasteiger partial charge in [-0.2, -0.15) is 0 Å². The molecule has 2 unspecified atom stereocenters. The van der Waals surface area contributed by atoms with Gasteiger partial charge in [0.2, 0.25) is 0 Å². The molecular formula is C89H60F2N2O2. The molecule has 0 saturated heterocycles. The van der Waals surface area contributed by atoms with Crippen molar-refractivity contribution >= 4 is 78.0 Å². The van der Waals surface area contributed by atoms with Crippen LogP contribution >= 0.6 is 0 Å². The molecule has 0 amide bonds. The normalized spacial score (nSPS) is 15.3. The highest BCUT2D eigenvalue weighted by Gasteiger charge is 2.58. The second kappa shape index (κ2) is 21.6. The summed E-state index contributed by atoms with van der Waals surface area (Å²) in [7, 11) is 0. The van der Waals surface area contributed by atoms with E-state index in [4.69, 9.17) is 8.83 Å². The van der Waals surface area contributed by atoms with E-state index in [9.17, 15) is 0 Å². The van der Waals surface area contributed by atoms with Crippen molar-refractivity contribution in [2.75, 3.05) is 9.80 Å². The summed E-state index contributed by atoms with van der Waals surface area (Å²) in [4.78, 5) is 4.20.